The standard InChI is InChI=1S/C12H13N5S2/c1-8(2)17-12(14-15-16-17)18-7-11-13-9-5-3-4-6-10(9)19-11/h3-6,8H,7H2,1-2H3. The van der Waals surface area contributed by atoms with Crippen molar-refractivity contribution >= 4 is 33.3 Å². The van der Waals surface area contributed by atoms with Crippen LogP contribution in [0.2, 0.25) is 0 Å². The summed E-state index contributed by atoms with van der Waals surface area (Å²) in [5.41, 5.74) is 1.06. The van der Waals surface area contributed by atoms with Crippen LogP contribution >= 0.6 is 23.1 Å². The SMILES string of the molecule is CC(C)n1nnnc1SCc1nc2ccccc2s1. The number of thioether (sulfide) groups is 1. The number of hydrogen-bond donors (Lipinski definition) is 0. The van der Waals surface area contributed by atoms with Gasteiger partial charge in [0.2, 0.25) is 5.16 Å². The lowest BCUT2D eigenvalue weighted by Gasteiger charge is -2.05. The second-order valence-electron chi connectivity index (χ2n) is 4.36. The third kappa shape index (κ3) is 2.62. The van der Waals surface area contributed by atoms with Crippen LogP contribution in [0.4, 0.5) is 0 Å². The molecule has 0 aliphatic rings. The van der Waals surface area contributed by atoms with Crippen molar-refractivity contribution in [3.63, 3.8) is 0 Å². The first-order valence-corrected chi connectivity index (χ1v) is 7.79. The first-order valence-electron chi connectivity index (χ1n) is 5.99. The Balaban J connectivity index is 1.76. The van der Waals surface area contributed by atoms with Crippen molar-refractivity contribution in [2.45, 2.75) is 30.8 Å². The molecule has 0 aliphatic heterocycles. The van der Waals surface area contributed by atoms with Gasteiger partial charge in [0.15, 0.2) is 0 Å². The van der Waals surface area contributed by atoms with E-state index in [4.69, 9.17) is 0 Å². The van der Waals surface area contributed by atoms with Gasteiger partial charge in [0, 0.05) is 0 Å². The molecule has 0 fully saturated rings. The Hall–Kier alpha value is -1.47. The Bertz CT molecular complexity index is 655. The summed E-state index contributed by atoms with van der Waals surface area (Å²) in [7, 11) is 0. The fourth-order valence-corrected chi connectivity index (χ4v) is 3.68. The average Bonchev–Trinajstić information content (AvgIpc) is 3.02. The first kappa shape index (κ1) is 12.6. The van der Waals surface area contributed by atoms with Gasteiger partial charge in [-0.2, -0.15) is 0 Å². The van der Waals surface area contributed by atoms with Crippen LogP contribution < -0.4 is 0 Å². The number of hydrogen-bond acceptors (Lipinski definition) is 6. The van der Waals surface area contributed by atoms with Crippen LogP contribution in [0, 0.1) is 0 Å². The maximum Gasteiger partial charge on any atom is 0.209 e. The zero-order chi connectivity index (χ0) is 13.2. The monoisotopic (exact) mass is 291 g/mol. The number of thiazole rings is 1. The van der Waals surface area contributed by atoms with Crippen molar-refractivity contribution in [3.05, 3.63) is 29.3 Å². The number of fused-ring (bicyclic) bond motifs is 1. The van der Waals surface area contributed by atoms with Crippen LogP contribution in [0.25, 0.3) is 10.2 Å². The van der Waals surface area contributed by atoms with E-state index in [9.17, 15) is 0 Å². The van der Waals surface area contributed by atoms with E-state index in [1.54, 1.807) is 23.1 Å². The number of rotatable bonds is 4. The molecule has 0 aliphatic carbocycles. The molecule has 0 saturated carbocycles. The second kappa shape index (κ2) is 5.26. The van der Waals surface area contributed by atoms with Crippen molar-refractivity contribution in [3.8, 4) is 0 Å². The van der Waals surface area contributed by atoms with Crippen LogP contribution in [0.5, 0.6) is 0 Å². The predicted molar refractivity (Wildman–Crippen MR) is 77.4 cm³/mol. The molecular formula is C12H13N5S2. The summed E-state index contributed by atoms with van der Waals surface area (Å²) >= 11 is 3.35. The van der Waals surface area contributed by atoms with E-state index >= 15 is 0 Å². The minimum atomic E-state index is 0.271. The number of aromatic nitrogens is 5. The third-order valence-electron chi connectivity index (χ3n) is 2.61. The van der Waals surface area contributed by atoms with E-state index in [0.717, 1.165) is 21.4 Å². The summed E-state index contributed by atoms with van der Waals surface area (Å²) in [6.45, 7) is 4.14. The highest BCUT2D eigenvalue weighted by molar-refractivity contribution is 7.98. The molecule has 19 heavy (non-hydrogen) atoms. The Morgan fingerprint density at radius 3 is 2.95 bits per heavy atom. The van der Waals surface area contributed by atoms with E-state index in [1.165, 1.54) is 4.70 Å². The minimum Gasteiger partial charge on any atom is -0.240 e. The summed E-state index contributed by atoms with van der Waals surface area (Å²) in [5.74, 6) is 0.798. The number of nitrogens with zero attached hydrogens (tertiary/aromatic N) is 5. The second-order valence-corrected chi connectivity index (χ2v) is 6.42. The molecule has 0 radical (unpaired) electrons. The summed E-state index contributed by atoms with van der Waals surface area (Å²) < 4.78 is 3.05. The van der Waals surface area contributed by atoms with E-state index in [-0.39, 0.29) is 6.04 Å². The Morgan fingerprint density at radius 2 is 2.16 bits per heavy atom. The summed E-state index contributed by atoms with van der Waals surface area (Å²) in [6.07, 6.45) is 0. The maximum absolute atomic E-state index is 4.61. The molecule has 2 aromatic heterocycles. The van der Waals surface area contributed by atoms with Gasteiger partial charge >= 0.3 is 0 Å². The first-order chi connectivity index (χ1) is 9.24. The number of benzene rings is 1. The molecule has 0 bridgehead atoms. The fourth-order valence-electron chi connectivity index (χ4n) is 1.71. The smallest absolute Gasteiger partial charge is 0.209 e. The van der Waals surface area contributed by atoms with Crippen molar-refractivity contribution in [2.24, 2.45) is 0 Å². The summed E-state index contributed by atoms with van der Waals surface area (Å²) in [4.78, 5) is 4.61. The Kier molecular flexibility index (Phi) is 3.48. The fraction of sp³-hybridized carbons (Fsp3) is 0.333. The lowest BCUT2D eigenvalue weighted by Crippen LogP contribution is -2.04. The van der Waals surface area contributed by atoms with Crippen LogP contribution in [0.15, 0.2) is 29.4 Å². The largest absolute Gasteiger partial charge is 0.240 e. The Morgan fingerprint density at radius 1 is 1.32 bits per heavy atom. The normalized spacial score (nSPS) is 11.5. The van der Waals surface area contributed by atoms with Gasteiger partial charge in [0.1, 0.15) is 5.01 Å². The van der Waals surface area contributed by atoms with Crippen molar-refractivity contribution in [1.82, 2.24) is 25.2 Å². The number of tetrazole rings is 1. The van der Waals surface area contributed by atoms with Gasteiger partial charge in [0.05, 0.1) is 22.0 Å². The molecule has 3 rings (SSSR count). The van der Waals surface area contributed by atoms with E-state index in [1.807, 2.05) is 22.9 Å². The van der Waals surface area contributed by atoms with E-state index < -0.39 is 0 Å². The predicted octanol–water partition coefficient (Wildman–Crippen LogP) is 3.16. The van der Waals surface area contributed by atoms with Crippen molar-refractivity contribution in [2.75, 3.05) is 0 Å². The highest BCUT2D eigenvalue weighted by atomic mass is 32.2. The molecule has 0 atom stereocenters. The van der Waals surface area contributed by atoms with Crippen molar-refractivity contribution in [1.29, 1.82) is 0 Å². The van der Waals surface area contributed by atoms with E-state index in [2.05, 4.69) is 40.4 Å². The van der Waals surface area contributed by atoms with Gasteiger partial charge in [-0.15, -0.1) is 16.4 Å². The molecule has 0 N–H and O–H groups in total. The van der Waals surface area contributed by atoms with Crippen LogP contribution in [-0.2, 0) is 5.75 Å². The average molecular weight is 291 g/mol. The quantitative estimate of drug-likeness (QED) is 0.691. The minimum absolute atomic E-state index is 0.271. The number of para-hydroxylation sites is 1. The van der Waals surface area contributed by atoms with Gasteiger partial charge in [-0.3, -0.25) is 0 Å². The summed E-state index contributed by atoms with van der Waals surface area (Å²) in [5, 5.41) is 13.7. The summed E-state index contributed by atoms with van der Waals surface area (Å²) in [6, 6.07) is 8.46. The molecule has 2 heterocycles. The molecule has 0 amide bonds. The van der Waals surface area contributed by atoms with Crippen molar-refractivity contribution < 1.29 is 0 Å². The molecule has 0 spiro atoms. The van der Waals surface area contributed by atoms with Crippen LogP contribution in [0.1, 0.15) is 24.9 Å². The molecule has 7 heteroatoms. The molecule has 1 aromatic carbocycles. The lowest BCUT2D eigenvalue weighted by molar-refractivity contribution is 0.477. The maximum atomic E-state index is 4.61. The third-order valence-corrected chi connectivity index (χ3v) is 4.78. The highest BCUT2D eigenvalue weighted by Crippen LogP contribution is 2.27. The highest BCUT2D eigenvalue weighted by Gasteiger charge is 2.11. The Labute approximate surface area is 119 Å². The topological polar surface area (TPSA) is 56.5 Å². The van der Waals surface area contributed by atoms with Crippen LogP contribution in [0.3, 0.4) is 0 Å². The zero-order valence-corrected chi connectivity index (χ0v) is 12.3. The van der Waals surface area contributed by atoms with Gasteiger partial charge in [-0.1, -0.05) is 23.9 Å². The van der Waals surface area contributed by atoms with Gasteiger partial charge in [-0.05, 0) is 36.4 Å². The lowest BCUT2D eigenvalue weighted by atomic mass is 10.3. The molecule has 5 nitrogen and oxygen atoms in total. The molecular weight excluding hydrogens is 278 g/mol. The molecule has 0 saturated heterocycles. The zero-order valence-electron chi connectivity index (χ0n) is 10.6. The van der Waals surface area contributed by atoms with Crippen LogP contribution in [-0.4, -0.2) is 25.2 Å². The van der Waals surface area contributed by atoms with E-state index in [0.29, 0.717) is 0 Å². The van der Waals surface area contributed by atoms with Gasteiger partial charge < -0.3 is 0 Å². The van der Waals surface area contributed by atoms with Gasteiger partial charge in [0.25, 0.3) is 0 Å². The molecule has 3 aromatic rings. The molecule has 98 valence electrons. The molecule has 0 unspecified atom stereocenters. The van der Waals surface area contributed by atoms with Gasteiger partial charge in [-0.25, -0.2) is 9.67 Å².